The van der Waals surface area contributed by atoms with Crippen LogP contribution in [-0.2, 0) is 20.0 Å². The minimum absolute atomic E-state index is 0.0841. The van der Waals surface area contributed by atoms with E-state index in [9.17, 15) is 9.59 Å². The Labute approximate surface area is 221 Å². The van der Waals surface area contributed by atoms with Crippen molar-refractivity contribution in [2.75, 3.05) is 0 Å². The van der Waals surface area contributed by atoms with Crippen molar-refractivity contribution in [1.29, 1.82) is 0 Å². The van der Waals surface area contributed by atoms with Gasteiger partial charge in [0.05, 0.1) is 34.9 Å². The summed E-state index contributed by atoms with van der Waals surface area (Å²) in [7, 11) is 1.89. The van der Waals surface area contributed by atoms with Crippen molar-refractivity contribution >= 4 is 16.8 Å². The van der Waals surface area contributed by atoms with Crippen LogP contribution in [0.3, 0.4) is 0 Å². The van der Waals surface area contributed by atoms with Crippen molar-refractivity contribution in [3.63, 3.8) is 0 Å². The number of hydrogen-bond acceptors (Lipinski definition) is 3. The number of aryl methyl sites for hydroxylation is 1. The van der Waals surface area contributed by atoms with Crippen LogP contribution in [0.2, 0.25) is 0 Å². The molecule has 0 N–H and O–H groups in total. The first-order chi connectivity index (χ1) is 18.5. The molecule has 6 heteroatoms. The molecule has 1 atom stereocenters. The highest BCUT2D eigenvalue weighted by atomic mass is 16.2. The van der Waals surface area contributed by atoms with Crippen molar-refractivity contribution in [1.82, 2.24) is 19.2 Å². The number of carbonyl (C=O) groups excluding carboxylic acids is 1. The van der Waals surface area contributed by atoms with E-state index in [1.54, 1.807) is 16.9 Å². The number of rotatable bonds is 5. The van der Waals surface area contributed by atoms with Crippen LogP contribution in [0.15, 0.2) is 95.9 Å². The number of nitrogens with zero attached hydrogens (tertiary/aromatic N) is 4. The fraction of sp³-hybridized carbons (Fsp3) is 0.219. The standard InChI is InChI=1S/C32H30N4O2/c1-22-28(32(38)36(34(22)2)24-13-4-3-5-14-24)21-35(30-18-10-12-23-11-6-7-15-25(23)30)31(37)27-19-20-33-29-17-9-8-16-26(27)29/h3-9,11,13-17,19-20,30H,10,12,18,21H2,1-2H3. The quantitative estimate of drug-likeness (QED) is 0.307. The van der Waals surface area contributed by atoms with E-state index in [4.69, 9.17) is 0 Å². The predicted octanol–water partition coefficient (Wildman–Crippen LogP) is 5.75. The molecule has 0 bridgehead atoms. The molecule has 2 aromatic heterocycles. The van der Waals surface area contributed by atoms with Crippen molar-refractivity contribution in [2.24, 2.45) is 7.05 Å². The maximum Gasteiger partial charge on any atom is 0.276 e. The van der Waals surface area contributed by atoms with Crippen LogP contribution in [0.5, 0.6) is 0 Å². The molecule has 1 aliphatic carbocycles. The van der Waals surface area contributed by atoms with Gasteiger partial charge in [0.25, 0.3) is 11.5 Å². The highest BCUT2D eigenvalue weighted by molar-refractivity contribution is 6.06. The SMILES string of the molecule is Cc1c(CN(C(=O)c2ccnc3ccccc23)C2CCCc3ccccc32)c(=O)n(-c2ccccc2)n1C. The summed E-state index contributed by atoms with van der Waals surface area (Å²) in [6.45, 7) is 2.18. The van der Waals surface area contributed by atoms with E-state index in [1.165, 1.54) is 11.1 Å². The Bertz CT molecular complexity index is 1690. The molecule has 0 radical (unpaired) electrons. The van der Waals surface area contributed by atoms with E-state index in [2.05, 4.69) is 23.2 Å². The van der Waals surface area contributed by atoms with Gasteiger partial charge in [0.15, 0.2) is 0 Å². The number of fused-ring (bicyclic) bond motifs is 2. The normalized spacial score (nSPS) is 14.8. The maximum absolute atomic E-state index is 14.4. The number of amides is 1. The smallest absolute Gasteiger partial charge is 0.276 e. The Hall–Kier alpha value is -4.45. The van der Waals surface area contributed by atoms with E-state index < -0.39 is 0 Å². The van der Waals surface area contributed by atoms with Crippen molar-refractivity contribution < 1.29 is 4.79 Å². The zero-order valence-electron chi connectivity index (χ0n) is 21.7. The second kappa shape index (κ2) is 9.78. The third kappa shape index (κ3) is 4.02. The third-order valence-electron chi connectivity index (χ3n) is 7.86. The molecule has 0 aliphatic heterocycles. The molecule has 0 saturated carbocycles. The Morgan fingerprint density at radius 2 is 1.71 bits per heavy atom. The van der Waals surface area contributed by atoms with Gasteiger partial charge in [-0.25, -0.2) is 4.68 Å². The molecule has 1 aliphatic rings. The molecular weight excluding hydrogens is 472 g/mol. The van der Waals surface area contributed by atoms with E-state index in [-0.39, 0.29) is 24.1 Å². The van der Waals surface area contributed by atoms with Gasteiger partial charge in [-0.3, -0.25) is 19.3 Å². The lowest BCUT2D eigenvalue weighted by Crippen LogP contribution is -2.38. The van der Waals surface area contributed by atoms with Crippen molar-refractivity contribution in [3.05, 3.63) is 129 Å². The molecule has 0 fully saturated rings. The minimum Gasteiger partial charge on any atom is -0.327 e. The van der Waals surface area contributed by atoms with Crippen molar-refractivity contribution in [3.8, 4) is 5.69 Å². The molecule has 0 saturated heterocycles. The minimum atomic E-state index is -0.122. The van der Waals surface area contributed by atoms with E-state index in [0.717, 1.165) is 41.5 Å². The van der Waals surface area contributed by atoms with Crippen LogP contribution < -0.4 is 5.56 Å². The fourth-order valence-electron chi connectivity index (χ4n) is 5.79. The lowest BCUT2D eigenvalue weighted by Gasteiger charge is -2.36. The Morgan fingerprint density at radius 1 is 0.974 bits per heavy atom. The van der Waals surface area contributed by atoms with Gasteiger partial charge < -0.3 is 4.90 Å². The Morgan fingerprint density at radius 3 is 2.55 bits per heavy atom. The number of para-hydroxylation sites is 2. The van der Waals surface area contributed by atoms with E-state index in [1.807, 2.05) is 84.2 Å². The first-order valence-corrected chi connectivity index (χ1v) is 13.1. The van der Waals surface area contributed by atoms with Gasteiger partial charge in [-0.05, 0) is 61.6 Å². The van der Waals surface area contributed by atoms with Crippen molar-refractivity contribution in [2.45, 2.75) is 38.8 Å². The highest BCUT2D eigenvalue weighted by Crippen LogP contribution is 2.36. The highest BCUT2D eigenvalue weighted by Gasteiger charge is 2.32. The molecule has 6 nitrogen and oxygen atoms in total. The molecule has 6 rings (SSSR count). The summed E-state index contributed by atoms with van der Waals surface area (Å²) < 4.78 is 3.57. The lowest BCUT2D eigenvalue weighted by molar-refractivity contribution is 0.0639. The van der Waals surface area contributed by atoms with Gasteiger partial charge >= 0.3 is 0 Å². The summed E-state index contributed by atoms with van der Waals surface area (Å²) in [6, 6.07) is 27.4. The molecule has 38 heavy (non-hydrogen) atoms. The molecule has 0 spiro atoms. The summed E-state index contributed by atoms with van der Waals surface area (Å²) >= 11 is 0. The van der Waals surface area contributed by atoms with Crippen LogP contribution in [0.1, 0.15) is 51.6 Å². The summed E-state index contributed by atoms with van der Waals surface area (Å²) in [4.78, 5) is 34.7. The molecule has 1 amide bonds. The first kappa shape index (κ1) is 23.9. The third-order valence-corrected chi connectivity index (χ3v) is 7.86. The van der Waals surface area contributed by atoms with E-state index in [0.29, 0.717) is 11.1 Å². The zero-order valence-corrected chi connectivity index (χ0v) is 21.7. The number of pyridine rings is 1. The van der Waals surface area contributed by atoms with Crippen LogP contribution in [0.4, 0.5) is 0 Å². The molecule has 2 heterocycles. The van der Waals surface area contributed by atoms with Gasteiger partial charge in [0.2, 0.25) is 0 Å². The van der Waals surface area contributed by atoms with Gasteiger partial charge in [0.1, 0.15) is 0 Å². The second-order valence-corrected chi connectivity index (χ2v) is 9.96. The maximum atomic E-state index is 14.4. The van der Waals surface area contributed by atoms with Crippen LogP contribution in [0.25, 0.3) is 16.6 Å². The van der Waals surface area contributed by atoms with Gasteiger partial charge in [-0.2, -0.15) is 0 Å². The number of benzene rings is 3. The summed E-state index contributed by atoms with van der Waals surface area (Å²) in [5.74, 6) is -0.0841. The largest absolute Gasteiger partial charge is 0.327 e. The molecule has 1 unspecified atom stereocenters. The average molecular weight is 503 g/mol. The fourth-order valence-corrected chi connectivity index (χ4v) is 5.79. The molecule has 190 valence electrons. The average Bonchev–Trinajstić information content (AvgIpc) is 3.18. The topological polar surface area (TPSA) is 60.1 Å². The van der Waals surface area contributed by atoms with Gasteiger partial charge in [-0.15, -0.1) is 0 Å². The second-order valence-electron chi connectivity index (χ2n) is 9.96. The number of aromatic nitrogens is 3. The van der Waals surface area contributed by atoms with Crippen LogP contribution in [-0.4, -0.2) is 25.2 Å². The van der Waals surface area contributed by atoms with Gasteiger partial charge in [0, 0.05) is 24.3 Å². The lowest BCUT2D eigenvalue weighted by atomic mass is 9.86. The molecule has 3 aromatic carbocycles. The predicted molar refractivity (Wildman–Crippen MR) is 149 cm³/mol. The number of hydrogen-bond donors (Lipinski definition) is 0. The summed E-state index contributed by atoms with van der Waals surface area (Å²) in [6.07, 6.45) is 4.53. The monoisotopic (exact) mass is 502 g/mol. The zero-order chi connectivity index (χ0) is 26.2. The Kier molecular flexibility index (Phi) is 6.16. The summed E-state index contributed by atoms with van der Waals surface area (Å²) in [5.41, 5.74) is 6.01. The first-order valence-electron chi connectivity index (χ1n) is 13.1. The molecule has 5 aromatic rings. The van der Waals surface area contributed by atoms with Crippen LogP contribution >= 0.6 is 0 Å². The van der Waals surface area contributed by atoms with Crippen LogP contribution in [0, 0.1) is 6.92 Å². The van der Waals surface area contributed by atoms with E-state index >= 15 is 0 Å². The number of carbonyl (C=O) groups is 1. The van der Waals surface area contributed by atoms with Gasteiger partial charge in [-0.1, -0.05) is 60.7 Å². The summed E-state index contributed by atoms with van der Waals surface area (Å²) in [5, 5.41) is 0.820. The Balaban J connectivity index is 1.50. The molecular formula is C32H30N4O2.